The van der Waals surface area contributed by atoms with Gasteiger partial charge in [0.15, 0.2) is 0 Å². The lowest BCUT2D eigenvalue weighted by atomic mass is 10.2. The van der Waals surface area contributed by atoms with Gasteiger partial charge in [-0.1, -0.05) is 28.1 Å². The molecule has 0 spiro atoms. The van der Waals surface area contributed by atoms with Crippen molar-refractivity contribution in [3.8, 4) is 0 Å². The molecular formula is C10H11BrN2O. The van der Waals surface area contributed by atoms with E-state index in [1.54, 1.807) is 0 Å². The predicted molar refractivity (Wildman–Crippen MR) is 58.0 cm³/mol. The van der Waals surface area contributed by atoms with Crippen molar-refractivity contribution in [3.05, 3.63) is 34.3 Å². The highest BCUT2D eigenvalue weighted by molar-refractivity contribution is 9.10. The number of nitrogens with one attached hydrogen (secondary N) is 1. The maximum Gasteiger partial charge on any atom is 0.317 e. The fourth-order valence-corrected chi connectivity index (χ4v) is 1.96. The highest BCUT2D eigenvalue weighted by Gasteiger charge is 2.18. The molecule has 74 valence electrons. The Balaban J connectivity index is 2.07. The van der Waals surface area contributed by atoms with Crippen LogP contribution in [0, 0.1) is 0 Å². The van der Waals surface area contributed by atoms with Gasteiger partial charge in [0.25, 0.3) is 0 Å². The van der Waals surface area contributed by atoms with E-state index in [-0.39, 0.29) is 6.03 Å². The van der Waals surface area contributed by atoms with E-state index in [9.17, 15) is 4.79 Å². The number of carbonyl (C=O) groups excluding carboxylic acids is 1. The van der Waals surface area contributed by atoms with Crippen LogP contribution in [0.2, 0.25) is 0 Å². The summed E-state index contributed by atoms with van der Waals surface area (Å²) in [6.07, 6.45) is 0. The van der Waals surface area contributed by atoms with Gasteiger partial charge in [0.2, 0.25) is 0 Å². The van der Waals surface area contributed by atoms with Crippen LogP contribution in [0.25, 0.3) is 0 Å². The first-order chi connectivity index (χ1) is 6.75. The molecule has 0 radical (unpaired) electrons. The Morgan fingerprint density at radius 3 is 3.00 bits per heavy atom. The zero-order valence-electron chi connectivity index (χ0n) is 7.66. The van der Waals surface area contributed by atoms with E-state index < -0.39 is 0 Å². The molecule has 2 amide bonds. The first-order valence-corrected chi connectivity index (χ1v) is 5.32. The summed E-state index contributed by atoms with van der Waals surface area (Å²) in [4.78, 5) is 13.1. The van der Waals surface area contributed by atoms with Crippen LogP contribution in [0.3, 0.4) is 0 Å². The molecular weight excluding hydrogens is 244 g/mol. The van der Waals surface area contributed by atoms with Gasteiger partial charge in [-0.25, -0.2) is 4.79 Å². The highest BCUT2D eigenvalue weighted by atomic mass is 79.9. The third-order valence-electron chi connectivity index (χ3n) is 2.21. The van der Waals surface area contributed by atoms with Crippen molar-refractivity contribution in [3.63, 3.8) is 0 Å². The summed E-state index contributed by atoms with van der Waals surface area (Å²) in [6.45, 7) is 2.24. The number of nitrogens with zero attached hydrogens (tertiary/aromatic N) is 1. The number of amides is 2. The molecule has 1 aromatic rings. The molecule has 1 saturated heterocycles. The summed E-state index contributed by atoms with van der Waals surface area (Å²) < 4.78 is 1.05. The minimum Gasteiger partial charge on any atom is -0.336 e. The Morgan fingerprint density at radius 1 is 1.50 bits per heavy atom. The van der Waals surface area contributed by atoms with Crippen molar-refractivity contribution in [2.45, 2.75) is 6.54 Å². The molecule has 14 heavy (non-hydrogen) atoms. The molecule has 0 bridgehead atoms. The smallest absolute Gasteiger partial charge is 0.317 e. The summed E-state index contributed by atoms with van der Waals surface area (Å²) in [5.74, 6) is 0. The summed E-state index contributed by atoms with van der Waals surface area (Å²) in [7, 11) is 0. The molecule has 0 aliphatic carbocycles. The molecule has 1 fully saturated rings. The van der Waals surface area contributed by atoms with Crippen molar-refractivity contribution in [2.24, 2.45) is 0 Å². The Morgan fingerprint density at radius 2 is 2.36 bits per heavy atom. The van der Waals surface area contributed by atoms with E-state index in [1.165, 1.54) is 0 Å². The second kappa shape index (κ2) is 4.00. The summed E-state index contributed by atoms with van der Waals surface area (Å²) >= 11 is 3.41. The van der Waals surface area contributed by atoms with E-state index in [4.69, 9.17) is 0 Å². The minimum atomic E-state index is 0.0324. The largest absolute Gasteiger partial charge is 0.336 e. The molecule has 4 heteroatoms. The lowest BCUT2D eigenvalue weighted by Gasteiger charge is -2.13. The van der Waals surface area contributed by atoms with Crippen molar-refractivity contribution in [2.75, 3.05) is 13.1 Å². The second-order valence-corrected chi connectivity index (χ2v) is 4.20. The zero-order chi connectivity index (χ0) is 9.97. The van der Waals surface area contributed by atoms with Gasteiger partial charge in [-0.2, -0.15) is 0 Å². The molecule has 0 unspecified atom stereocenters. The van der Waals surface area contributed by atoms with Crippen molar-refractivity contribution in [1.29, 1.82) is 0 Å². The molecule has 1 aromatic carbocycles. The first-order valence-electron chi connectivity index (χ1n) is 4.53. The molecule has 2 rings (SSSR count). The van der Waals surface area contributed by atoms with Crippen molar-refractivity contribution >= 4 is 22.0 Å². The fourth-order valence-electron chi connectivity index (χ4n) is 1.52. The number of hydrogen-bond donors (Lipinski definition) is 1. The van der Waals surface area contributed by atoms with Crippen LogP contribution >= 0.6 is 15.9 Å². The van der Waals surface area contributed by atoms with Crippen LogP contribution in [0.5, 0.6) is 0 Å². The first kappa shape index (κ1) is 9.52. The van der Waals surface area contributed by atoms with E-state index in [0.717, 1.165) is 23.1 Å². The highest BCUT2D eigenvalue weighted by Crippen LogP contribution is 2.14. The zero-order valence-corrected chi connectivity index (χ0v) is 9.25. The Hall–Kier alpha value is -1.03. The van der Waals surface area contributed by atoms with Crippen LogP contribution in [0.15, 0.2) is 28.7 Å². The van der Waals surface area contributed by atoms with Gasteiger partial charge in [-0.05, 0) is 17.7 Å². The van der Waals surface area contributed by atoms with Crippen LogP contribution in [0.4, 0.5) is 4.79 Å². The fraction of sp³-hybridized carbons (Fsp3) is 0.300. The molecule has 0 atom stereocenters. The summed E-state index contributed by atoms with van der Waals surface area (Å²) in [5.41, 5.74) is 1.15. The number of halogens is 1. The van der Waals surface area contributed by atoms with Gasteiger partial charge in [-0.15, -0.1) is 0 Å². The molecule has 1 N–H and O–H groups in total. The number of hydrogen-bond acceptors (Lipinski definition) is 1. The molecule has 0 aromatic heterocycles. The predicted octanol–water partition coefficient (Wildman–Crippen LogP) is 1.97. The van der Waals surface area contributed by atoms with Gasteiger partial charge in [0.05, 0.1) is 0 Å². The maximum atomic E-state index is 11.3. The standard InChI is InChI=1S/C10H11BrN2O/c11-9-3-1-2-8(6-9)7-13-5-4-12-10(13)14/h1-3,6H,4-5,7H2,(H,12,14). The Bertz CT molecular complexity index is 354. The van der Waals surface area contributed by atoms with Crippen molar-refractivity contribution in [1.82, 2.24) is 10.2 Å². The molecule has 1 aliphatic heterocycles. The van der Waals surface area contributed by atoms with E-state index in [2.05, 4.69) is 21.2 Å². The maximum absolute atomic E-state index is 11.3. The molecule has 3 nitrogen and oxygen atoms in total. The van der Waals surface area contributed by atoms with Gasteiger partial charge in [0, 0.05) is 24.1 Å². The summed E-state index contributed by atoms with van der Waals surface area (Å²) in [6, 6.07) is 8.05. The van der Waals surface area contributed by atoms with E-state index in [0.29, 0.717) is 6.54 Å². The van der Waals surface area contributed by atoms with Gasteiger partial charge < -0.3 is 10.2 Å². The third-order valence-corrected chi connectivity index (χ3v) is 2.70. The molecule has 1 aliphatic rings. The van der Waals surface area contributed by atoms with E-state index >= 15 is 0 Å². The van der Waals surface area contributed by atoms with Gasteiger partial charge in [-0.3, -0.25) is 0 Å². The number of rotatable bonds is 2. The van der Waals surface area contributed by atoms with Crippen LogP contribution in [-0.2, 0) is 6.54 Å². The molecule has 1 heterocycles. The minimum absolute atomic E-state index is 0.0324. The van der Waals surface area contributed by atoms with Crippen LogP contribution in [0.1, 0.15) is 5.56 Å². The van der Waals surface area contributed by atoms with Crippen LogP contribution in [-0.4, -0.2) is 24.0 Å². The van der Waals surface area contributed by atoms with Crippen LogP contribution < -0.4 is 5.32 Å². The van der Waals surface area contributed by atoms with Gasteiger partial charge >= 0.3 is 6.03 Å². The topological polar surface area (TPSA) is 32.3 Å². The molecule has 0 saturated carbocycles. The normalized spacial score (nSPS) is 15.8. The van der Waals surface area contributed by atoms with E-state index in [1.807, 2.05) is 29.2 Å². The summed E-state index contributed by atoms with van der Waals surface area (Å²) in [5, 5.41) is 2.78. The lowest BCUT2D eigenvalue weighted by molar-refractivity contribution is 0.215. The lowest BCUT2D eigenvalue weighted by Crippen LogP contribution is -2.27. The SMILES string of the molecule is O=C1NCCN1Cc1cccc(Br)c1. The monoisotopic (exact) mass is 254 g/mol. The Labute approximate surface area is 91.2 Å². The quantitative estimate of drug-likeness (QED) is 0.860. The van der Waals surface area contributed by atoms with Gasteiger partial charge in [0.1, 0.15) is 0 Å². The Kier molecular flexibility index (Phi) is 2.72. The third kappa shape index (κ3) is 2.07. The average molecular weight is 255 g/mol. The average Bonchev–Trinajstić information content (AvgIpc) is 2.52. The number of urea groups is 1. The van der Waals surface area contributed by atoms with Crippen molar-refractivity contribution < 1.29 is 4.79 Å². The second-order valence-electron chi connectivity index (χ2n) is 3.28. The number of carbonyl (C=O) groups is 1. The number of benzene rings is 1.